The van der Waals surface area contributed by atoms with E-state index in [-0.39, 0.29) is 12.5 Å². The highest BCUT2D eigenvalue weighted by Gasteiger charge is 2.12. The molecule has 1 amide bonds. The molecule has 0 atom stereocenters. The van der Waals surface area contributed by atoms with Gasteiger partial charge >= 0.3 is 5.97 Å². The van der Waals surface area contributed by atoms with Crippen molar-refractivity contribution in [2.24, 2.45) is 7.05 Å². The summed E-state index contributed by atoms with van der Waals surface area (Å²) in [7, 11) is 1.89. The largest absolute Gasteiger partial charge is 0.480 e. The van der Waals surface area contributed by atoms with Gasteiger partial charge < -0.3 is 19.6 Å². The fraction of sp³-hybridized carbons (Fsp3) is 0.308. The second kappa shape index (κ2) is 6.05. The average Bonchev–Trinajstić information content (AvgIpc) is 2.98. The summed E-state index contributed by atoms with van der Waals surface area (Å²) >= 11 is 0. The van der Waals surface area contributed by atoms with Crippen molar-refractivity contribution in [1.29, 1.82) is 0 Å². The van der Waals surface area contributed by atoms with Crippen molar-refractivity contribution >= 4 is 11.9 Å². The van der Waals surface area contributed by atoms with Crippen LogP contribution in [-0.2, 0) is 24.8 Å². The number of carboxylic acid groups (broad SMARTS) is 1. The third kappa shape index (κ3) is 3.25. The van der Waals surface area contributed by atoms with Gasteiger partial charge in [-0.3, -0.25) is 9.59 Å². The number of carboxylic acids is 1. The van der Waals surface area contributed by atoms with Crippen LogP contribution in [0.5, 0.6) is 0 Å². The fourth-order valence-electron chi connectivity index (χ4n) is 1.92. The molecule has 0 saturated carbocycles. The van der Waals surface area contributed by atoms with E-state index in [4.69, 9.17) is 5.11 Å². The number of aryl methyl sites for hydroxylation is 1. The summed E-state index contributed by atoms with van der Waals surface area (Å²) in [5.41, 5.74) is 0.340. The zero-order chi connectivity index (χ0) is 14.5. The number of carbonyl (C=O) groups is 2. The first-order chi connectivity index (χ1) is 9.58. The molecule has 2 aromatic heterocycles. The highest BCUT2D eigenvalue weighted by molar-refractivity contribution is 5.93. The lowest BCUT2D eigenvalue weighted by atomic mass is 10.3. The molecular weight excluding hydrogens is 260 g/mol. The Bertz CT molecular complexity index is 615. The van der Waals surface area contributed by atoms with E-state index in [2.05, 4.69) is 10.3 Å². The molecule has 7 heteroatoms. The normalized spacial score (nSPS) is 10.4. The molecule has 106 valence electrons. The van der Waals surface area contributed by atoms with Crippen LogP contribution in [-0.4, -0.2) is 37.6 Å². The van der Waals surface area contributed by atoms with Gasteiger partial charge in [0.1, 0.15) is 18.1 Å². The molecule has 0 radical (unpaired) electrons. The molecule has 0 saturated heterocycles. The highest BCUT2D eigenvalue weighted by atomic mass is 16.4. The summed E-state index contributed by atoms with van der Waals surface area (Å²) in [6, 6.07) is 3.25. The van der Waals surface area contributed by atoms with Crippen LogP contribution in [0.3, 0.4) is 0 Å². The highest BCUT2D eigenvalue weighted by Crippen LogP contribution is 2.02. The van der Waals surface area contributed by atoms with Crippen molar-refractivity contribution in [3.05, 3.63) is 42.2 Å². The van der Waals surface area contributed by atoms with E-state index in [1.807, 2.05) is 17.8 Å². The maximum atomic E-state index is 12.0. The summed E-state index contributed by atoms with van der Waals surface area (Å²) in [4.78, 5) is 26.8. The Labute approximate surface area is 115 Å². The molecule has 2 heterocycles. The van der Waals surface area contributed by atoms with Gasteiger partial charge in [0.25, 0.3) is 5.91 Å². The van der Waals surface area contributed by atoms with Gasteiger partial charge in [-0.15, -0.1) is 0 Å². The molecule has 0 aliphatic rings. The molecule has 0 bridgehead atoms. The first-order valence-electron chi connectivity index (χ1n) is 6.19. The van der Waals surface area contributed by atoms with Gasteiger partial charge in [0.15, 0.2) is 0 Å². The summed E-state index contributed by atoms with van der Waals surface area (Å²) in [5, 5.41) is 11.5. The van der Waals surface area contributed by atoms with E-state index < -0.39 is 5.97 Å². The third-order valence-electron chi connectivity index (χ3n) is 2.92. The van der Waals surface area contributed by atoms with Gasteiger partial charge in [-0.1, -0.05) is 0 Å². The monoisotopic (exact) mass is 276 g/mol. The SMILES string of the molecule is Cn1ccnc1CCNC(=O)c1cccn1CC(=O)O. The van der Waals surface area contributed by atoms with Gasteiger partial charge in [-0.05, 0) is 12.1 Å². The summed E-state index contributed by atoms with van der Waals surface area (Å²) in [6.45, 7) is 0.219. The molecule has 0 aliphatic heterocycles. The van der Waals surface area contributed by atoms with Gasteiger partial charge in [-0.25, -0.2) is 4.98 Å². The summed E-state index contributed by atoms with van der Waals surface area (Å²) < 4.78 is 3.29. The van der Waals surface area contributed by atoms with Gasteiger partial charge in [0.05, 0.1) is 0 Å². The van der Waals surface area contributed by atoms with E-state index in [0.717, 1.165) is 5.82 Å². The molecule has 2 N–H and O–H groups in total. The van der Waals surface area contributed by atoms with Crippen LogP contribution in [0.25, 0.3) is 0 Å². The van der Waals surface area contributed by atoms with Crippen molar-refractivity contribution < 1.29 is 14.7 Å². The number of rotatable bonds is 6. The minimum atomic E-state index is -0.983. The Kier molecular flexibility index (Phi) is 4.19. The standard InChI is InChI=1S/C13H16N4O3/c1-16-8-6-14-11(16)4-5-15-13(20)10-3-2-7-17(10)9-12(18)19/h2-3,6-8H,4-5,9H2,1H3,(H,15,20)(H,18,19). The summed E-state index contributed by atoms with van der Waals surface area (Å²) in [6.07, 6.45) is 5.74. The predicted octanol–water partition coefficient (Wildman–Crippen LogP) is 0.279. The topological polar surface area (TPSA) is 89.2 Å². The Morgan fingerprint density at radius 1 is 1.40 bits per heavy atom. The number of nitrogens with zero attached hydrogens (tertiary/aromatic N) is 3. The van der Waals surface area contributed by atoms with Crippen LogP contribution in [0.1, 0.15) is 16.3 Å². The molecule has 0 spiro atoms. The van der Waals surface area contributed by atoms with E-state index >= 15 is 0 Å². The maximum absolute atomic E-state index is 12.0. The molecule has 0 aromatic carbocycles. The minimum absolute atomic E-state index is 0.227. The quantitative estimate of drug-likeness (QED) is 0.793. The minimum Gasteiger partial charge on any atom is -0.480 e. The Balaban J connectivity index is 1.90. The first-order valence-corrected chi connectivity index (χ1v) is 6.19. The maximum Gasteiger partial charge on any atom is 0.323 e. The molecular formula is C13H16N4O3. The van der Waals surface area contributed by atoms with Crippen LogP contribution < -0.4 is 5.32 Å². The average molecular weight is 276 g/mol. The number of hydrogen-bond donors (Lipinski definition) is 2. The third-order valence-corrected chi connectivity index (χ3v) is 2.92. The molecule has 20 heavy (non-hydrogen) atoms. The van der Waals surface area contributed by atoms with E-state index in [1.165, 1.54) is 4.57 Å². The number of imidazole rings is 1. The number of aliphatic carboxylic acids is 1. The zero-order valence-electron chi connectivity index (χ0n) is 11.1. The van der Waals surface area contributed by atoms with Gasteiger partial charge in [0.2, 0.25) is 0 Å². The number of nitrogens with one attached hydrogen (secondary N) is 1. The summed E-state index contributed by atoms with van der Waals surface area (Å²) in [5.74, 6) is -0.389. The lowest BCUT2D eigenvalue weighted by Crippen LogP contribution is -2.29. The van der Waals surface area contributed by atoms with Crippen LogP contribution in [0.2, 0.25) is 0 Å². The number of hydrogen-bond acceptors (Lipinski definition) is 3. The van der Waals surface area contributed by atoms with Crippen LogP contribution in [0.15, 0.2) is 30.7 Å². The van der Waals surface area contributed by atoms with Crippen molar-refractivity contribution in [3.8, 4) is 0 Å². The predicted molar refractivity (Wildman–Crippen MR) is 71.3 cm³/mol. The number of carbonyl (C=O) groups excluding carboxylic acids is 1. The van der Waals surface area contributed by atoms with Crippen molar-refractivity contribution in [1.82, 2.24) is 19.4 Å². The van der Waals surface area contributed by atoms with Crippen molar-refractivity contribution in [3.63, 3.8) is 0 Å². The molecule has 2 aromatic rings. The molecule has 0 aliphatic carbocycles. The Morgan fingerprint density at radius 2 is 2.20 bits per heavy atom. The zero-order valence-corrected chi connectivity index (χ0v) is 11.1. The number of aromatic nitrogens is 3. The molecule has 0 fully saturated rings. The molecule has 2 rings (SSSR count). The lowest BCUT2D eigenvalue weighted by Gasteiger charge is -2.08. The van der Waals surface area contributed by atoms with Crippen LogP contribution in [0, 0.1) is 0 Å². The Morgan fingerprint density at radius 3 is 2.85 bits per heavy atom. The van der Waals surface area contributed by atoms with Crippen molar-refractivity contribution in [2.75, 3.05) is 6.54 Å². The lowest BCUT2D eigenvalue weighted by molar-refractivity contribution is -0.137. The smallest absolute Gasteiger partial charge is 0.323 e. The van der Waals surface area contributed by atoms with Crippen molar-refractivity contribution in [2.45, 2.75) is 13.0 Å². The van der Waals surface area contributed by atoms with E-state index in [9.17, 15) is 9.59 Å². The van der Waals surface area contributed by atoms with E-state index in [1.54, 1.807) is 24.5 Å². The number of amides is 1. The second-order valence-corrected chi connectivity index (χ2v) is 4.38. The Hall–Kier alpha value is -2.57. The second-order valence-electron chi connectivity index (χ2n) is 4.38. The molecule has 0 unspecified atom stereocenters. The molecule has 7 nitrogen and oxygen atoms in total. The van der Waals surface area contributed by atoms with E-state index in [0.29, 0.717) is 18.7 Å². The van der Waals surface area contributed by atoms with Gasteiger partial charge in [0, 0.05) is 38.6 Å². The van der Waals surface area contributed by atoms with Gasteiger partial charge in [-0.2, -0.15) is 0 Å². The fourth-order valence-corrected chi connectivity index (χ4v) is 1.92. The van der Waals surface area contributed by atoms with Crippen LogP contribution in [0.4, 0.5) is 0 Å². The first kappa shape index (κ1) is 13.9. The van der Waals surface area contributed by atoms with Crippen LogP contribution >= 0.6 is 0 Å².